The fraction of sp³-hybridized carbons (Fsp3) is 0.400. The van der Waals surface area contributed by atoms with Crippen molar-refractivity contribution in [1.29, 1.82) is 0 Å². The first-order chi connectivity index (χ1) is 14.2. The lowest BCUT2D eigenvalue weighted by Crippen LogP contribution is -2.40. The number of pyridine rings is 2. The zero-order valence-corrected chi connectivity index (χ0v) is 16.1. The molecule has 4 heterocycles. The minimum absolute atomic E-state index is 0.0100. The zero-order chi connectivity index (χ0) is 21.5. The number of aryl methyl sites for hydroxylation is 1. The fourth-order valence-electron chi connectivity index (χ4n) is 3.75. The number of rotatable bonds is 3. The van der Waals surface area contributed by atoms with E-state index in [1.54, 1.807) is 17.9 Å². The number of nitrogens with one attached hydrogen (secondary N) is 1. The highest BCUT2D eigenvalue weighted by Crippen LogP contribution is 2.30. The van der Waals surface area contributed by atoms with Crippen LogP contribution < -0.4 is 5.56 Å². The predicted molar refractivity (Wildman–Crippen MR) is 101 cm³/mol. The minimum Gasteiger partial charge on any atom is -0.361 e. The van der Waals surface area contributed by atoms with Gasteiger partial charge in [0.2, 0.25) is 5.91 Å². The molecule has 30 heavy (non-hydrogen) atoms. The molecule has 1 amide bonds. The summed E-state index contributed by atoms with van der Waals surface area (Å²) in [6.45, 7) is 2.69. The summed E-state index contributed by atoms with van der Waals surface area (Å²) in [5.41, 5.74) is -0.385. The summed E-state index contributed by atoms with van der Waals surface area (Å²) in [6.07, 6.45) is -3.10. The van der Waals surface area contributed by atoms with Crippen LogP contribution >= 0.6 is 0 Å². The van der Waals surface area contributed by atoms with Crippen LogP contribution in [0.5, 0.6) is 0 Å². The Morgan fingerprint density at radius 1 is 1.33 bits per heavy atom. The molecule has 1 atom stereocenters. The molecule has 1 fully saturated rings. The monoisotopic (exact) mass is 420 g/mol. The molecular formula is C20H19F3N4O3. The Bertz CT molecular complexity index is 1150. The van der Waals surface area contributed by atoms with Crippen LogP contribution in [0.1, 0.15) is 41.6 Å². The first kappa shape index (κ1) is 20.1. The van der Waals surface area contributed by atoms with Gasteiger partial charge in [-0.05, 0) is 38.0 Å². The van der Waals surface area contributed by atoms with Gasteiger partial charge in [0.1, 0.15) is 11.5 Å². The molecule has 0 aromatic carbocycles. The van der Waals surface area contributed by atoms with Crippen LogP contribution in [0.3, 0.4) is 0 Å². The summed E-state index contributed by atoms with van der Waals surface area (Å²) < 4.78 is 44.1. The average molecular weight is 420 g/mol. The number of carbonyl (C=O) groups excluding carboxylic acids is 1. The van der Waals surface area contributed by atoms with Crippen LogP contribution in [0.15, 0.2) is 33.6 Å². The zero-order valence-electron chi connectivity index (χ0n) is 16.1. The molecule has 3 aromatic rings. The number of halogens is 3. The van der Waals surface area contributed by atoms with E-state index in [0.717, 1.165) is 12.1 Å². The van der Waals surface area contributed by atoms with Crippen molar-refractivity contribution in [3.8, 4) is 0 Å². The molecular weight excluding hydrogens is 401 g/mol. The Morgan fingerprint density at radius 3 is 2.83 bits per heavy atom. The van der Waals surface area contributed by atoms with Crippen LogP contribution in [0.2, 0.25) is 0 Å². The van der Waals surface area contributed by atoms with Gasteiger partial charge >= 0.3 is 6.18 Å². The number of nitrogens with zero attached hydrogens (tertiary/aromatic N) is 3. The number of likely N-dealkylation sites (tertiary alicyclic amines) is 1. The molecule has 1 aliphatic rings. The lowest BCUT2D eigenvalue weighted by molar-refractivity contribution is -0.141. The summed E-state index contributed by atoms with van der Waals surface area (Å²) in [5, 5.41) is 3.86. The maximum absolute atomic E-state index is 13.0. The molecule has 1 aliphatic heterocycles. The third-order valence-electron chi connectivity index (χ3n) is 5.23. The number of aromatic nitrogens is 3. The van der Waals surface area contributed by atoms with Crippen LogP contribution in [-0.4, -0.2) is 39.0 Å². The maximum Gasteiger partial charge on any atom is 0.433 e. The second-order valence-corrected chi connectivity index (χ2v) is 7.47. The molecule has 1 saturated heterocycles. The van der Waals surface area contributed by atoms with Gasteiger partial charge in [0.25, 0.3) is 5.56 Å². The lowest BCUT2D eigenvalue weighted by Gasteiger charge is -2.32. The Kier molecular flexibility index (Phi) is 5.08. The topological polar surface area (TPSA) is 92.1 Å². The van der Waals surface area contributed by atoms with Gasteiger partial charge in [-0.25, -0.2) is 4.98 Å². The first-order valence-corrected chi connectivity index (χ1v) is 9.52. The Labute approximate surface area is 168 Å². The second-order valence-electron chi connectivity index (χ2n) is 7.47. The first-order valence-electron chi connectivity index (χ1n) is 9.52. The molecule has 158 valence electrons. The van der Waals surface area contributed by atoms with Crippen molar-refractivity contribution < 1.29 is 22.5 Å². The predicted octanol–water partition coefficient (Wildman–Crippen LogP) is 3.19. The fourth-order valence-corrected chi connectivity index (χ4v) is 3.75. The van der Waals surface area contributed by atoms with Crippen LogP contribution in [0.4, 0.5) is 13.2 Å². The molecule has 0 radical (unpaired) electrons. The molecule has 0 unspecified atom stereocenters. The van der Waals surface area contributed by atoms with Crippen LogP contribution in [0, 0.1) is 6.92 Å². The molecule has 0 aliphatic carbocycles. The molecule has 3 aromatic heterocycles. The highest BCUT2D eigenvalue weighted by atomic mass is 19.4. The molecule has 7 nitrogen and oxygen atoms in total. The van der Waals surface area contributed by atoms with Gasteiger partial charge in [0.15, 0.2) is 0 Å². The Hall–Kier alpha value is -3.17. The smallest absolute Gasteiger partial charge is 0.361 e. The molecule has 0 spiro atoms. The third-order valence-corrected chi connectivity index (χ3v) is 5.23. The van der Waals surface area contributed by atoms with Crippen LogP contribution in [0.25, 0.3) is 10.9 Å². The number of piperidine rings is 1. The summed E-state index contributed by atoms with van der Waals surface area (Å²) >= 11 is 0. The van der Waals surface area contributed by atoms with Gasteiger partial charge in [0, 0.05) is 30.8 Å². The lowest BCUT2D eigenvalue weighted by atomic mass is 9.93. The number of H-pyrrole nitrogens is 1. The van der Waals surface area contributed by atoms with Gasteiger partial charge in [-0.3, -0.25) is 9.59 Å². The van der Waals surface area contributed by atoms with Crippen molar-refractivity contribution in [3.63, 3.8) is 0 Å². The summed E-state index contributed by atoms with van der Waals surface area (Å²) in [6, 6.07) is 5.10. The van der Waals surface area contributed by atoms with E-state index in [1.165, 1.54) is 6.07 Å². The van der Waals surface area contributed by atoms with E-state index >= 15 is 0 Å². The van der Waals surface area contributed by atoms with Crippen molar-refractivity contribution in [2.75, 3.05) is 13.1 Å². The Morgan fingerprint density at radius 2 is 2.13 bits per heavy atom. The minimum atomic E-state index is -4.59. The highest BCUT2D eigenvalue weighted by molar-refractivity contribution is 5.79. The quantitative estimate of drug-likeness (QED) is 0.703. The maximum atomic E-state index is 13.0. The number of fused-ring (bicyclic) bond motifs is 1. The molecule has 0 bridgehead atoms. The molecule has 4 rings (SSSR count). The van der Waals surface area contributed by atoms with E-state index in [1.807, 2.05) is 0 Å². The van der Waals surface area contributed by atoms with Gasteiger partial charge in [-0.2, -0.15) is 13.2 Å². The second kappa shape index (κ2) is 7.58. The normalized spacial score (nSPS) is 17.5. The largest absolute Gasteiger partial charge is 0.433 e. The SMILES string of the molecule is Cc1cc(CC(=O)N2CCC[C@@H](c3cc4nc(C(F)(F)F)ccc4c(=O)[nH]3)C2)on1. The number of carbonyl (C=O) groups is 1. The third kappa shape index (κ3) is 4.07. The van der Waals surface area contributed by atoms with Crippen molar-refractivity contribution in [2.45, 2.75) is 38.3 Å². The van der Waals surface area contributed by atoms with Gasteiger partial charge in [-0.15, -0.1) is 0 Å². The van der Waals surface area contributed by atoms with Crippen LogP contribution in [-0.2, 0) is 17.4 Å². The molecule has 10 heteroatoms. The highest BCUT2D eigenvalue weighted by Gasteiger charge is 2.33. The van der Waals surface area contributed by atoms with Crippen molar-refractivity contribution in [2.24, 2.45) is 0 Å². The van der Waals surface area contributed by atoms with E-state index in [0.29, 0.717) is 43.1 Å². The Balaban J connectivity index is 1.58. The van der Waals surface area contributed by atoms with Gasteiger partial charge in [0.05, 0.1) is 23.0 Å². The van der Waals surface area contributed by atoms with E-state index in [9.17, 15) is 22.8 Å². The van der Waals surface area contributed by atoms with Crippen molar-refractivity contribution in [1.82, 2.24) is 20.0 Å². The van der Waals surface area contributed by atoms with Crippen molar-refractivity contribution in [3.05, 3.63) is 57.5 Å². The molecule has 0 saturated carbocycles. The number of hydrogen-bond donors (Lipinski definition) is 1. The van der Waals surface area contributed by atoms with E-state index in [2.05, 4.69) is 15.1 Å². The average Bonchev–Trinajstić information content (AvgIpc) is 3.11. The van der Waals surface area contributed by atoms with Crippen molar-refractivity contribution >= 4 is 16.8 Å². The number of amides is 1. The van der Waals surface area contributed by atoms with E-state index < -0.39 is 17.4 Å². The number of aromatic amines is 1. The molecule has 1 N–H and O–H groups in total. The van der Waals surface area contributed by atoms with E-state index in [-0.39, 0.29) is 29.1 Å². The van der Waals surface area contributed by atoms with Gasteiger partial charge < -0.3 is 14.4 Å². The summed E-state index contributed by atoms with van der Waals surface area (Å²) in [4.78, 5) is 33.1. The number of hydrogen-bond acceptors (Lipinski definition) is 5. The van der Waals surface area contributed by atoms with E-state index in [4.69, 9.17) is 4.52 Å². The van der Waals surface area contributed by atoms with Gasteiger partial charge in [-0.1, -0.05) is 5.16 Å². The summed E-state index contributed by atoms with van der Waals surface area (Å²) in [5.74, 6) is 0.145. The number of alkyl halides is 3. The standard InChI is InChI=1S/C20H19F3N4O3/c1-11-7-13(30-26-11)8-18(28)27-6-2-3-12(10-27)15-9-16-14(19(29)25-15)4-5-17(24-16)20(21,22)23/h4-5,7,9,12H,2-3,6,8,10H2,1H3,(H,25,29)/t12-/m1/s1. The summed E-state index contributed by atoms with van der Waals surface area (Å²) in [7, 11) is 0.